The molecule has 0 fully saturated rings. The number of nitrogens with zero attached hydrogens (tertiary/aromatic N) is 2. The molecule has 1 aliphatic rings. The van der Waals surface area contributed by atoms with Gasteiger partial charge >= 0.3 is 5.97 Å². The van der Waals surface area contributed by atoms with Crippen LogP contribution < -0.4 is 21.3 Å². The van der Waals surface area contributed by atoms with E-state index < -0.39 is 43.1 Å². The first-order valence-corrected chi connectivity index (χ1v) is 11.1. The Kier molecular flexibility index (Phi) is 8.52. The van der Waals surface area contributed by atoms with Crippen molar-refractivity contribution >= 4 is 47.6 Å². The van der Waals surface area contributed by atoms with E-state index in [1.165, 1.54) is 4.90 Å². The van der Waals surface area contributed by atoms with E-state index in [1.807, 2.05) is 30.3 Å². The molecule has 5 N–H and O–H groups in total. The number of carbonyl (C=O) groups is 4. The predicted molar refractivity (Wildman–Crippen MR) is 130 cm³/mol. The average molecular weight is 484 g/mol. The molecule has 1 heterocycles. The van der Waals surface area contributed by atoms with Crippen LogP contribution in [0.5, 0.6) is 0 Å². The van der Waals surface area contributed by atoms with Crippen LogP contribution in [0.1, 0.15) is 11.1 Å². The van der Waals surface area contributed by atoms with Crippen LogP contribution in [0.4, 0.5) is 5.69 Å². The van der Waals surface area contributed by atoms with Crippen LogP contribution in [0.15, 0.2) is 59.6 Å². The van der Waals surface area contributed by atoms with Crippen LogP contribution in [0, 0.1) is 0 Å². The van der Waals surface area contributed by atoms with Crippen molar-refractivity contribution in [2.24, 2.45) is 10.7 Å². The van der Waals surface area contributed by atoms with Crippen LogP contribution in [-0.4, -0.2) is 72.0 Å². The summed E-state index contributed by atoms with van der Waals surface area (Å²) in [4.78, 5) is 54.9. The van der Waals surface area contributed by atoms with Crippen LogP contribution in [0.2, 0.25) is 0 Å². The van der Waals surface area contributed by atoms with Gasteiger partial charge in [0.25, 0.3) is 5.91 Å². The van der Waals surface area contributed by atoms with Gasteiger partial charge in [-0.3, -0.25) is 34.4 Å². The number of aliphatic carboxylic acids is 1. The molecule has 2 aromatic carbocycles. The molecule has 0 radical (unpaired) electrons. The van der Waals surface area contributed by atoms with Crippen LogP contribution >= 0.6 is 12.6 Å². The lowest BCUT2D eigenvalue weighted by molar-refractivity contribution is -0.137. The van der Waals surface area contributed by atoms with Gasteiger partial charge in [-0.25, -0.2) is 0 Å². The Balaban J connectivity index is 2.01. The molecule has 11 heteroatoms. The summed E-state index contributed by atoms with van der Waals surface area (Å²) in [5, 5.41) is 14.0. The minimum atomic E-state index is -1.20. The van der Waals surface area contributed by atoms with E-state index in [2.05, 4.69) is 28.3 Å². The maximum Gasteiger partial charge on any atom is 0.322 e. The van der Waals surface area contributed by atoms with E-state index in [1.54, 1.807) is 24.3 Å². The van der Waals surface area contributed by atoms with Crippen molar-refractivity contribution in [2.75, 3.05) is 30.3 Å². The minimum absolute atomic E-state index is 0.152. The van der Waals surface area contributed by atoms with Gasteiger partial charge in [0.05, 0.1) is 24.0 Å². The molecular formula is C23H25N5O5S. The number of para-hydroxylation sites is 1. The summed E-state index contributed by atoms with van der Waals surface area (Å²) in [7, 11) is 0. The van der Waals surface area contributed by atoms with Gasteiger partial charge < -0.3 is 16.2 Å². The van der Waals surface area contributed by atoms with E-state index in [0.717, 1.165) is 5.56 Å². The summed E-state index contributed by atoms with van der Waals surface area (Å²) >= 11 is 4.03. The molecule has 1 aliphatic heterocycles. The fraction of sp³-hybridized carbons (Fsp3) is 0.261. The zero-order chi connectivity index (χ0) is 24.7. The third kappa shape index (κ3) is 6.07. The maximum atomic E-state index is 13.5. The topological polar surface area (TPSA) is 154 Å². The number of carbonyl (C=O) groups excluding carboxylic acids is 3. The van der Waals surface area contributed by atoms with Crippen molar-refractivity contribution in [3.8, 4) is 0 Å². The number of Topliss-reactive ketones (excluding diaryl/α,β-unsaturated/α-hetero) is 1. The fourth-order valence-corrected chi connectivity index (χ4v) is 3.56. The van der Waals surface area contributed by atoms with Gasteiger partial charge in [-0.2, -0.15) is 12.6 Å². The number of carboxylic acid groups (broad SMARTS) is 1. The molecule has 0 saturated heterocycles. The highest BCUT2D eigenvalue weighted by Gasteiger charge is 2.33. The van der Waals surface area contributed by atoms with Crippen molar-refractivity contribution in [1.82, 2.24) is 10.6 Å². The van der Waals surface area contributed by atoms with E-state index in [4.69, 9.17) is 10.8 Å². The molecule has 2 unspecified atom stereocenters. The lowest BCUT2D eigenvalue weighted by Crippen LogP contribution is -2.51. The van der Waals surface area contributed by atoms with Crippen molar-refractivity contribution in [2.45, 2.75) is 12.2 Å². The standard InChI is InChI=1S/C23H25N5O5S/c24-16(13-34)18(29)10-26-22-23(33)28(12-19(30)25-11-20(31)32)17-9-5-4-8-15(17)21(27-22)14-6-2-1-3-7-14/h1-9,16,22,26,34H,10-13,24H2,(H,25,30)(H,31,32). The normalized spacial score (nSPS) is 16.2. The molecule has 0 saturated carbocycles. The number of hydrogen-bond donors (Lipinski definition) is 5. The molecule has 0 spiro atoms. The third-order valence-corrected chi connectivity index (χ3v) is 5.47. The molecule has 2 aromatic rings. The van der Waals surface area contributed by atoms with Crippen molar-refractivity contribution in [3.63, 3.8) is 0 Å². The number of benzene rings is 2. The Hall–Kier alpha value is -3.54. The van der Waals surface area contributed by atoms with Gasteiger partial charge in [-0.15, -0.1) is 0 Å². The molecule has 3 rings (SSSR count). The van der Waals surface area contributed by atoms with Crippen LogP contribution in [0.25, 0.3) is 0 Å². The Bertz CT molecular complexity index is 1110. The molecule has 10 nitrogen and oxygen atoms in total. The number of nitrogens with two attached hydrogens (primary N) is 1. The number of amides is 2. The summed E-state index contributed by atoms with van der Waals surface area (Å²) in [6.07, 6.45) is -1.19. The smallest absolute Gasteiger partial charge is 0.322 e. The number of carboxylic acids is 1. The number of ketones is 1. The van der Waals surface area contributed by atoms with E-state index >= 15 is 0 Å². The zero-order valence-electron chi connectivity index (χ0n) is 18.2. The number of benzodiazepines with no additional fused rings is 1. The highest BCUT2D eigenvalue weighted by atomic mass is 32.1. The molecule has 2 amide bonds. The minimum Gasteiger partial charge on any atom is -0.480 e. The number of thiol groups is 1. The third-order valence-electron chi connectivity index (χ3n) is 5.07. The molecule has 178 valence electrons. The Labute approximate surface area is 201 Å². The number of nitrogens with one attached hydrogen (secondary N) is 2. The van der Waals surface area contributed by atoms with E-state index in [-0.39, 0.29) is 18.1 Å². The predicted octanol–water partition coefficient (Wildman–Crippen LogP) is -0.187. The van der Waals surface area contributed by atoms with Gasteiger partial charge in [-0.1, -0.05) is 48.5 Å². The van der Waals surface area contributed by atoms with Crippen LogP contribution in [-0.2, 0) is 19.2 Å². The molecule has 2 atom stereocenters. The second-order valence-electron chi connectivity index (χ2n) is 7.49. The van der Waals surface area contributed by atoms with Gasteiger partial charge in [-0.05, 0) is 6.07 Å². The first-order chi connectivity index (χ1) is 16.3. The average Bonchev–Trinajstić information content (AvgIpc) is 2.96. The monoisotopic (exact) mass is 483 g/mol. The maximum absolute atomic E-state index is 13.5. The lowest BCUT2D eigenvalue weighted by Gasteiger charge is -2.25. The number of fused-ring (bicyclic) bond motifs is 1. The second kappa shape index (κ2) is 11.5. The highest BCUT2D eigenvalue weighted by Crippen LogP contribution is 2.28. The quantitative estimate of drug-likeness (QED) is 0.294. The first kappa shape index (κ1) is 25.1. The lowest BCUT2D eigenvalue weighted by atomic mass is 10.0. The Morgan fingerprint density at radius 1 is 1.09 bits per heavy atom. The second-order valence-corrected chi connectivity index (χ2v) is 7.86. The zero-order valence-corrected chi connectivity index (χ0v) is 19.1. The number of rotatable bonds is 10. The van der Waals surface area contributed by atoms with Gasteiger partial charge in [0, 0.05) is 16.9 Å². The SMILES string of the molecule is NC(CS)C(=O)CNC1N=C(c2ccccc2)c2ccccc2N(CC(=O)NCC(=O)O)C1=O. The summed E-state index contributed by atoms with van der Waals surface area (Å²) < 4.78 is 0. The van der Waals surface area contributed by atoms with Gasteiger partial charge in [0.15, 0.2) is 11.9 Å². The number of anilines is 1. The first-order valence-electron chi connectivity index (χ1n) is 10.5. The summed E-state index contributed by atoms with van der Waals surface area (Å²) in [6, 6.07) is 15.4. The van der Waals surface area contributed by atoms with E-state index in [9.17, 15) is 19.2 Å². The molecular weight excluding hydrogens is 458 g/mol. The number of aliphatic imine (C=N–C) groups is 1. The fourth-order valence-electron chi connectivity index (χ4n) is 3.36. The molecule has 0 aromatic heterocycles. The van der Waals surface area contributed by atoms with Gasteiger partial charge in [0.2, 0.25) is 5.91 Å². The van der Waals surface area contributed by atoms with E-state index in [0.29, 0.717) is 17.0 Å². The molecule has 0 aliphatic carbocycles. The van der Waals surface area contributed by atoms with Crippen molar-refractivity contribution in [3.05, 3.63) is 65.7 Å². The van der Waals surface area contributed by atoms with Gasteiger partial charge in [0.1, 0.15) is 13.1 Å². The van der Waals surface area contributed by atoms with Crippen molar-refractivity contribution in [1.29, 1.82) is 0 Å². The highest BCUT2D eigenvalue weighted by molar-refractivity contribution is 7.80. The largest absolute Gasteiger partial charge is 0.480 e. The molecule has 0 bridgehead atoms. The Morgan fingerprint density at radius 2 is 1.76 bits per heavy atom. The molecule has 34 heavy (non-hydrogen) atoms. The van der Waals surface area contributed by atoms with Crippen LogP contribution in [0.3, 0.4) is 0 Å². The summed E-state index contributed by atoms with van der Waals surface area (Å²) in [6.45, 7) is -1.23. The summed E-state index contributed by atoms with van der Waals surface area (Å²) in [5.74, 6) is -2.62. The summed E-state index contributed by atoms with van der Waals surface area (Å²) in [5.41, 5.74) is 8.02. The number of hydrogen-bond acceptors (Lipinski definition) is 8. The van der Waals surface area contributed by atoms with Crippen molar-refractivity contribution < 1.29 is 24.3 Å². The Morgan fingerprint density at radius 3 is 2.44 bits per heavy atom.